The second-order valence-corrected chi connectivity index (χ2v) is 5.71. The van der Waals surface area contributed by atoms with Gasteiger partial charge in [0, 0.05) is 26.6 Å². The molecule has 0 radical (unpaired) electrons. The van der Waals surface area contributed by atoms with Crippen molar-refractivity contribution in [1.29, 1.82) is 0 Å². The summed E-state index contributed by atoms with van der Waals surface area (Å²) in [5.41, 5.74) is 0. The highest BCUT2D eigenvalue weighted by molar-refractivity contribution is 5.85. The van der Waals surface area contributed by atoms with Gasteiger partial charge in [-0.05, 0) is 26.2 Å². The van der Waals surface area contributed by atoms with Crippen molar-refractivity contribution in [1.82, 2.24) is 0 Å². The lowest BCUT2D eigenvalue weighted by atomic mass is 9.90. The molecule has 2 aliphatic carbocycles. The molecule has 0 bridgehead atoms. The van der Waals surface area contributed by atoms with Gasteiger partial charge in [0.15, 0.2) is 0 Å². The molecule has 3 aliphatic rings. The summed E-state index contributed by atoms with van der Waals surface area (Å²) in [6.07, 6.45) is 1.08. The molecule has 1 saturated heterocycles. The van der Waals surface area contributed by atoms with E-state index in [1.54, 1.807) is 21.1 Å². The zero-order chi connectivity index (χ0) is 13.1. The standard InChI is InChI=1S/C13H20O5/c1-12(15-3)13(2,16-4)18-11-8-5-7(8)9(14)6-10(11)17-12/h7-8,10-11H,5-6H2,1-4H3/t7-,8+,10+,11+,12-,13-/m0/s1. The highest BCUT2D eigenvalue weighted by Gasteiger charge is 2.64. The van der Waals surface area contributed by atoms with Gasteiger partial charge in [-0.15, -0.1) is 0 Å². The summed E-state index contributed by atoms with van der Waals surface area (Å²) in [4.78, 5) is 11.8. The molecular weight excluding hydrogens is 236 g/mol. The number of Topliss-reactive ketones (excluding diaryl/α,β-unsaturated/α-hetero) is 1. The third kappa shape index (κ3) is 1.51. The summed E-state index contributed by atoms with van der Waals surface area (Å²) in [5.74, 6) is -1.17. The van der Waals surface area contributed by atoms with Crippen LogP contribution in [0.1, 0.15) is 26.7 Å². The molecule has 5 nitrogen and oxygen atoms in total. The number of ether oxygens (including phenoxy) is 4. The van der Waals surface area contributed by atoms with Crippen LogP contribution in [0.2, 0.25) is 0 Å². The van der Waals surface area contributed by atoms with Gasteiger partial charge in [0.1, 0.15) is 5.78 Å². The van der Waals surface area contributed by atoms with Crippen LogP contribution in [0.5, 0.6) is 0 Å². The van der Waals surface area contributed by atoms with Crippen LogP contribution in [0.15, 0.2) is 0 Å². The number of hydrogen-bond acceptors (Lipinski definition) is 5. The Hall–Kier alpha value is -0.490. The summed E-state index contributed by atoms with van der Waals surface area (Å²) < 4.78 is 23.0. The first-order chi connectivity index (χ1) is 8.44. The maximum absolute atomic E-state index is 11.8. The normalized spacial score (nSPS) is 54.8. The van der Waals surface area contributed by atoms with E-state index in [2.05, 4.69) is 0 Å². The first kappa shape index (κ1) is 12.5. The maximum atomic E-state index is 11.8. The average Bonchev–Trinajstić information content (AvgIpc) is 3.13. The minimum absolute atomic E-state index is 0.0547. The van der Waals surface area contributed by atoms with Crippen LogP contribution in [-0.4, -0.2) is 43.8 Å². The van der Waals surface area contributed by atoms with Crippen LogP contribution >= 0.6 is 0 Å². The molecule has 3 fully saturated rings. The van der Waals surface area contributed by atoms with Crippen LogP contribution in [-0.2, 0) is 23.7 Å². The van der Waals surface area contributed by atoms with Crippen molar-refractivity contribution in [3.8, 4) is 0 Å². The van der Waals surface area contributed by atoms with E-state index < -0.39 is 11.6 Å². The van der Waals surface area contributed by atoms with Gasteiger partial charge >= 0.3 is 0 Å². The highest BCUT2D eigenvalue weighted by atomic mass is 16.8. The number of rotatable bonds is 2. The molecule has 3 rings (SSSR count). The first-order valence-electron chi connectivity index (χ1n) is 6.43. The number of ketones is 1. The Balaban J connectivity index is 1.88. The fourth-order valence-electron chi connectivity index (χ4n) is 3.19. The lowest BCUT2D eigenvalue weighted by Gasteiger charge is -2.53. The molecule has 102 valence electrons. The van der Waals surface area contributed by atoms with Gasteiger partial charge in [0.2, 0.25) is 11.6 Å². The summed E-state index contributed by atoms with van der Waals surface area (Å²) in [7, 11) is 3.14. The smallest absolute Gasteiger partial charge is 0.220 e. The SMILES string of the molecule is CO[C@@]1(C)O[C@@H]2[C@@H]3C[C@@H]3C(=O)C[C@H]2O[C@]1(C)OC. The Kier molecular flexibility index (Phi) is 2.62. The number of carbonyl (C=O) groups is 1. The van der Waals surface area contributed by atoms with Crippen LogP contribution in [0.3, 0.4) is 0 Å². The zero-order valence-corrected chi connectivity index (χ0v) is 11.3. The molecule has 5 heteroatoms. The lowest BCUT2D eigenvalue weighted by Crippen LogP contribution is -2.66. The molecule has 0 N–H and O–H groups in total. The van der Waals surface area contributed by atoms with Crippen molar-refractivity contribution in [2.45, 2.75) is 50.5 Å². The number of fused-ring (bicyclic) bond motifs is 3. The summed E-state index contributed by atoms with van der Waals surface area (Å²) in [5, 5.41) is 0. The Morgan fingerprint density at radius 1 is 1.17 bits per heavy atom. The second-order valence-electron chi connectivity index (χ2n) is 5.71. The Labute approximate surface area is 107 Å². The van der Waals surface area contributed by atoms with Gasteiger partial charge in [-0.1, -0.05) is 0 Å². The van der Waals surface area contributed by atoms with E-state index in [1.807, 2.05) is 6.92 Å². The number of carbonyl (C=O) groups excluding carboxylic acids is 1. The lowest BCUT2D eigenvalue weighted by molar-refractivity contribution is -0.450. The summed E-state index contributed by atoms with van der Waals surface area (Å²) in [6, 6.07) is 0. The highest BCUT2D eigenvalue weighted by Crippen LogP contribution is 2.54. The Morgan fingerprint density at radius 2 is 1.78 bits per heavy atom. The quantitative estimate of drug-likeness (QED) is 0.740. The molecule has 0 aromatic carbocycles. The third-order valence-corrected chi connectivity index (χ3v) is 4.79. The van der Waals surface area contributed by atoms with E-state index in [4.69, 9.17) is 18.9 Å². The van der Waals surface area contributed by atoms with Gasteiger partial charge in [-0.3, -0.25) is 4.79 Å². The minimum Gasteiger partial charge on any atom is -0.349 e. The Morgan fingerprint density at radius 3 is 2.39 bits per heavy atom. The predicted octanol–water partition coefficient (Wildman–Crippen LogP) is 1.10. The van der Waals surface area contributed by atoms with Crippen molar-refractivity contribution >= 4 is 5.78 Å². The summed E-state index contributed by atoms with van der Waals surface area (Å²) >= 11 is 0. The summed E-state index contributed by atoms with van der Waals surface area (Å²) in [6.45, 7) is 3.61. The van der Waals surface area contributed by atoms with E-state index in [-0.39, 0.29) is 18.1 Å². The van der Waals surface area contributed by atoms with Crippen molar-refractivity contribution in [3.63, 3.8) is 0 Å². The van der Waals surface area contributed by atoms with E-state index in [0.29, 0.717) is 18.1 Å². The van der Waals surface area contributed by atoms with Gasteiger partial charge in [0.25, 0.3) is 0 Å². The first-order valence-corrected chi connectivity index (χ1v) is 6.43. The molecule has 0 unspecified atom stereocenters. The third-order valence-electron chi connectivity index (χ3n) is 4.79. The molecule has 6 atom stereocenters. The monoisotopic (exact) mass is 256 g/mol. The Bertz CT molecular complexity index is 384. The molecule has 2 saturated carbocycles. The fraction of sp³-hybridized carbons (Fsp3) is 0.923. The zero-order valence-electron chi connectivity index (χ0n) is 11.3. The van der Waals surface area contributed by atoms with Crippen molar-refractivity contribution in [3.05, 3.63) is 0 Å². The van der Waals surface area contributed by atoms with Crippen molar-refractivity contribution in [2.24, 2.45) is 11.8 Å². The second kappa shape index (κ2) is 3.76. The van der Waals surface area contributed by atoms with Crippen LogP contribution in [0.25, 0.3) is 0 Å². The fourth-order valence-corrected chi connectivity index (χ4v) is 3.19. The van der Waals surface area contributed by atoms with E-state index in [0.717, 1.165) is 6.42 Å². The van der Waals surface area contributed by atoms with Crippen molar-refractivity contribution < 1.29 is 23.7 Å². The average molecular weight is 256 g/mol. The maximum Gasteiger partial charge on any atom is 0.220 e. The number of hydrogen-bond donors (Lipinski definition) is 0. The topological polar surface area (TPSA) is 54.0 Å². The van der Waals surface area contributed by atoms with Gasteiger partial charge in [-0.25, -0.2) is 0 Å². The molecule has 0 aromatic heterocycles. The molecule has 1 heterocycles. The van der Waals surface area contributed by atoms with Gasteiger partial charge < -0.3 is 18.9 Å². The van der Waals surface area contributed by atoms with Gasteiger partial charge in [0.05, 0.1) is 12.2 Å². The molecule has 0 amide bonds. The minimum atomic E-state index is -0.995. The molecule has 18 heavy (non-hydrogen) atoms. The van der Waals surface area contributed by atoms with E-state index >= 15 is 0 Å². The van der Waals surface area contributed by atoms with E-state index in [1.165, 1.54) is 0 Å². The van der Waals surface area contributed by atoms with Crippen LogP contribution in [0, 0.1) is 11.8 Å². The van der Waals surface area contributed by atoms with Crippen LogP contribution < -0.4 is 0 Å². The van der Waals surface area contributed by atoms with Crippen LogP contribution in [0.4, 0.5) is 0 Å². The molecule has 0 spiro atoms. The van der Waals surface area contributed by atoms with E-state index in [9.17, 15) is 4.79 Å². The number of methoxy groups -OCH3 is 2. The van der Waals surface area contributed by atoms with Gasteiger partial charge in [-0.2, -0.15) is 0 Å². The van der Waals surface area contributed by atoms with Crippen molar-refractivity contribution in [2.75, 3.05) is 14.2 Å². The molecular formula is C13H20O5. The largest absolute Gasteiger partial charge is 0.349 e. The molecule has 0 aromatic rings. The predicted molar refractivity (Wildman–Crippen MR) is 61.8 cm³/mol. The molecule has 1 aliphatic heterocycles.